The summed E-state index contributed by atoms with van der Waals surface area (Å²) in [6.07, 6.45) is 2.03. The van der Waals surface area contributed by atoms with Gasteiger partial charge in [-0.15, -0.1) is 0 Å². The van der Waals surface area contributed by atoms with Gasteiger partial charge in [-0.1, -0.05) is 46.9 Å². The highest BCUT2D eigenvalue weighted by atomic mass is 35.5. The smallest absolute Gasteiger partial charge is 0.410 e. The summed E-state index contributed by atoms with van der Waals surface area (Å²) in [5.41, 5.74) is 3.06. The molecule has 9 heteroatoms. The van der Waals surface area contributed by atoms with Crippen LogP contribution in [0.2, 0.25) is 15.1 Å². The Balaban J connectivity index is 1.29. The van der Waals surface area contributed by atoms with E-state index in [0.29, 0.717) is 46.4 Å². The number of benzene rings is 2. The summed E-state index contributed by atoms with van der Waals surface area (Å²) < 4.78 is 16.4. The molecule has 0 spiro atoms. The standard InChI is InChI=1S/C27H27Cl3N2O3S/c1-27(2,3)35-26(33)32-12-16(13-32)18-10-9-17(11-22(18)30)34-14-19-24(31-36-25(19)15-7-8-15)23-20(28)5-4-6-21(23)29/h4-6,9-11,15-16H,7-8,12-14H2,1-3H3. The lowest BCUT2D eigenvalue weighted by atomic mass is 9.92. The second kappa shape index (κ2) is 10.1. The monoisotopic (exact) mass is 564 g/mol. The summed E-state index contributed by atoms with van der Waals surface area (Å²) in [7, 11) is 0. The molecule has 0 unspecified atom stereocenters. The van der Waals surface area contributed by atoms with Crippen LogP contribution in [-0.4, -0.2) is 34.1 Å². The van der Waals surface area contributed by atoms with E-state index in [2.05, 4.69) is 0 Å². The Kier molecular flexibility index (Phi) is 7.16. The maximum absolute atomic E-state index is 12.2. The number of ether oxygens (including phenoxy) is 2. The highest BCUT2D eigenvalue weighted by molar-refractivity contribution is 7.06. The summed E-state index contributed by atoms with van der Waals surface area (Å²) in [6.45, 7) is 7.12. The van der Waals surface area contributed by atoms with Gasteiger partial charge in [-0.2, -0.15) is 4.37 Å². The Morgan fingerprint density at radius 3 is 2.36 bits per heavy atom. The fourth-order valence-corrected chi connectivity index (χ4v) is 6.23. The molecule has 2 fully saturated rings. The average molecular weight is 566 g/mol. The van der Waals surface area contributed by atoms with Gasteiger partial charge in [-0.25, -0.2) is 4.79 Å². The van der Waals surface area contributed by atoms with E-state index in [4.69, 9.17) is 48.7 Å². The van der Waals surface area contributed by atoms with Crippen molar-refractivity contribution in [3.05, 3.63) is 67.5 Å². The van der Waals surface area contributed by atoms with Crippen molar-refractivity contribution in [3.8, 4) is 17.0 Å². The molecular weight excluding hydrogens is 539 g/mol. The Bertz CT molecular complexity index is 1270. The van der Waals surface area contributed by atoms with E-state index in [1.807, 2.05) is 57.2 Å². The third kappa shape index (κ3) is 5.47. The van der Waals surface area contributed by atoms with Crippen molar-refractivity contribution < 1.29 is 14.3 Å². The maximum Gasteiger partial charge on any atom is 0.410 e. The molecule has 2 heterocycles. The number of carbonyl (C=O) groups is 1. The van der Waals surface area contributed by atoms with Gasteiger partial charge in [-0.3, -0.25) is 0 Å². The molecule has 0 N–H and O–H groups in total. The van der Waals surface area contributed by atoms with Crippen LogP contribution in [0.3, 0.4) is 0 Å². The largest absolute Gasteiger partial charge is 0.489 e. The molecule has 2 aromatic carbocycles. The van der Waals surface area contributed by atoms with Crippen molar-refractivity contribution in [1.82, 2.24) is 9.27 Å². The molecule has 1 aliphatic carbocycles. The molecule has 1 aliphatic heterocycles. The minimum atomic E-state index is -0.507. The van der Waals surface area contributed by atoms with Gasteiger partial charge >= 0.3 is 6.09 Å². The summed E-state index contributed by atoms with van der Waals surface area (Å²) in [5, 5.41) is 1.77. The number of carbonyl (C=O) groups excluding carboxylic acids is 1. The molecule has 190 valence electrons. The van der Waals surface area contributed by atoms with Crippen LogP contribution < -0.4 is 4.74 Å². The number of aromatic nitrogens is 1. The van der Waals surface area contributed by atoms with Crippen molar-refractivity contribution >= 4 is 52.4 Å². The molecule has 0 atom stereocenters. The predicted molar refractivity (Wildman–Crippen MR) is 146 cm³/mol. The molecule has 3 aromatic rings. The summed E-state index contributed by atoms with van der Waals surface area (Å²) >= 11 is 21.1. The zero-order valence-corrected chi connectivity index (χ0v) is 23.4. The first-order chi connectivity index (χ1) is 17.1. The molecule has 1 amide bonds. The summed E-state index contributed by atoms with van der Waals surface area (Å²) in [4.78, 5) is 15.2. The lowest BCUT2D eigenvalue weighted by Crippen LogP contribution is -2.50. The Morgan fingerprint density at radius 1 is 1.06 bits per heavy atom. The van der Waals surface area contributed by atoms with E-state index in [1.165, 1.54) is 16.4 Å². The molecule has 5 rings (SSSR count). The zero-order valence-electron chi connectivity index (χ0n) is 20.3. The fraction of sp³-hybridized carbons (Fsp3) is 0.407. The molecule has 0 bridgehead atoms. The van der Waals surface area contributed by atoms with Crippen LogP contribution in [0.25, 0.3) is 11.3 Å². The quantitative estimate of drug-likeness (QED) is 0.300. The normalized spacial score (nSPS) is 16.1. The van der Waals surface area contributed by atoms with Gasteiger partial charge in [0.2, 0.25) is 0 Å². The number of hydrogen-bond donors (Lipinski definition) is 0. The van der Waals surface area contributed by atoms with E-state index in [1.54, 1.807) is 4.90 Å². The highest BCUT2D eigenvalue weighted by Crippen LogP contribution is 2.48. The average Bonchev–Trinajstić information content (AvgIpc) is 3.52. The lowest BCUT2D eigenvalue weighted by molar-refractivity contribution is 0.00819. The van der Waals surface area contributed by atoms with Crippen molar-refractivity contribution in [2.24, 2.45) is 0 Å². The molecule has 1 saturated carbocycles. The summed E-state index contributed by atoms with van der Waals surface area (Å²) in [5.74, 6) is 1.38. The molecule has 5 nitrogen and oxygen atoms in total. The van der Waals surface area contributed by atoms with Gasteiger partial charge in [0.05, 0.1) is 15.7 Å². The van der Waals surface area contributed by atoms with Crippen molar-refractivity contribution in [3.63, 3.8) is 0 Å². The third-order valence-corrected chi connectivity index (χ3v) is 8.30. The van der Waals surface area contributed by atoms with E-state index in [0.717, 1.165) is 35.2 Å². The molecule has 0 radical (unpaired) electrons. The van der Waals surface area contributed by atoms with Gasteiger partial charge in [0.1, 0.15) is 18.0 Å². The van der Waals surface area contributed by atoms with Crippen molar-refractivity contribution in [1.29, 1.82) is 0 Å². The van der Waals surface area contributed by atoms with Crippen molar-refractivity contribution in [2.75, 3.05) is 13.1 Å². The van der Waals surface area contributed by atoms with Crippen LogP contribution in [0.5, 0.6) is 5.75 Å². The van der Waals surface area contributed by atoms with Crippen LogP contribution in [0.1, 0.15) is 61.5 Å². The predicted octanol–water partition coefficient (Wildman–Crippen LogP) is 8.56. The topological polar surface area (TPSA) is 51.7 Å². The van der Waals surface area contributed by atoms with Crippen LogP contribution in [-0.2, 0) is 11.3 Å². The number of halogens is 3. The Morgan fingerprint density at radius 2 is 1.75 bits per heavy atom. The highest BCUT2D eigenvalue weighted by Gasteiger charge is 2.36. The van der Waals surface area contributed by atoms with Crippen LogP contribution >= 0.6 is 46.3 Å². The van der Waals surface area contributed by atoms with Gasteiger partial charge in [0.25, 0.3) is 0 Å². The van der Waals surface area contributed by atoms with E-state index in [9.17, 15) is 4.79 Å². The van der Waals surface area contributed by atoms with Crippen LogP contribution in [0.15, 0.2) is 36.4 Å². The Hall–Kier alpha value is -1.99. The first kappa shape index (κ1) is 25.7. The second-order valence-corrected chi connectivity index (χ2v) is 12.3. The lowest BCUT2D eigenvalue weighted by Gasteiger charge is -2.40. The minimum Gasteiger partial charge on any atom is -0.489 e. The molecule has 1 aromatic heterocycles. The SMILES string of the molecule is CC(C)(C)OC(=O)N1CC(c2ccc(OCc3c(-c4c(Cl)cccc4Cl)nsc3C3CC3)cc2Cl)C1. The van der Waals surface area contributed by atoms with E-state index in [-0.39, 0.29) is 12.0 Å². The number of hydrogen-bond acceptors (Lipinski definition) is 5. The van der Waals surface area contributed by atoms with Gasteiger partial charge in [0.15, 0.2) is 0 Å². The van der Waals surface area contributed by atoms with Gasteiger partial charge in [-0.05, 0) is 80.9 Å². The van der Waals surface area contributed by atoms with E-state index < -0.39 is 5.60 Å². The maximum atomic E-state index is 12.2. The number of nitrogens with zero attached hydrogens (tertiary/aromatic N) is 2. The van der Waals surface area contributed by atoms with Gasteiger partial charge in [0, 0.05) is 40.0 Å². The van der Waals surface area contributed by atoms with E-state index >= 15 is 0 Å². The first-order valence-electron chi connectivity index (χ1n) is 11.9. The second-order valence-electron chi connectivity index (χ2n) is 10.3. The molecular formula is C27H27Cl3N2O3S. The number of likely N-dealkylation sites (tertiary alicyclic amines) is 1. The van der Waals surface area contributed by atoms with Crippen LogP contribution in [0.4, 0.5) is 4.79 Å². The van der Waals surface area contributed by atoms with Crippen molar-refractivity contribution in [2.45, 2.75) is 57.7 Å². The molecule has 36 heavy (non-hydrogen) atoms. The van der Waals surface area contributed by atoms with Crippen LogP contribution in [0, 0.1) is 0 Å². The third-order valence-electron chi connectivity index (χ3n) is 6.29. The number of rotatable bonds is 6. The minimum absolute atomic E-state index is 0.176. The van der Waals surface area contributed by atoms with Gasteiger partial charge < -0.3 is 14.4 Å². The number of amides is 1. The molecule has 1 saturated heterocycles. The Labute approximate surface area is 230 Å². The summed E-state index contributed by atoms with van der Waals surface area (Å²) in [6, 6.07) is 11.2. The fourth-order valence-electron chi connectivity index (χ4n) is 4.28. The first-order valence-corrected chi connectivity index (χ1v) is 13.8. The zero-order chi connectivity index (χ0) is 25.6. The molecule has 2 aliphatic rings.